The Bertz CT molecular complexity index is 992. The maximum Gasteiger partial charge on any atom is 0.416 e. The number of pyridine rings is 1. The van der Waals surface area contributed by atoms with Crippen LogP contribution in [0.5, 0.6) is 0 Å². The van der Waals surface area contributed by atoms with Crippen LogP contribution in [0.2, 0.25) is 0 Å². The summed E-state index contributed by atoms with van der Waals surface area (Å²) in [6.07, 6.45) is -8.46. The second-order valence-electron chi connectivity index (χ2n) is 5.98. The maximum absolute atomic E-state index is 12.9. The van der Waals surface area contributed by atoms with Crippen LogP contribution in [0.1, 0.15) is 40.3 Å². The van der Waals surface area contributed by atoms with Gasteiger partial charge in [-0.15, -0.1) is 10.2 Å². The largest absolute Gasteiger partial charge is 0.416 e. The van der Waals surface area contributed by atoms with Crippen LogP contribution < -0.4 is 5.32 Å². The number of carbonyl (C=O) groups excluding carboxylic acids is 1. The summed E-state index contributed by atoms with van der Waals surface area (Å²) in [5.74, 6) is -0.830. The van der Waals surface area contributed by atoms with E-state index in [9.17, 15) is 31.1 Å². The van der Waals surface area contributed by atoms with Crippen LogP contribution in [0.15, 0.2) is 42.6 Å². The van der Waals surface area contributed by atoms with E-state index >= 15 is 0 Å². The Hall–Kier alpha value is -3.11. The molecule has 11 heteroatoms. The third kappa shape index (κ3) is 3.92. The molecule has 1 atom stereocenters. The zero-order valence-electron chi connectivity index (χ0n) is 14.1. The number of nitrogens with one attached hydrogen (secondary N) is 1. The molecule has 0 fully saturated rings. The van der Waals surface area contributed by atoms with E-state index in [0.717, 1.165) is 0 Å². The molecular weight excluding hydrogens is 390 g/mol. The summed E-state index contributed by atoms with van der Waals surface area (Å²) < 4.78 is 79.2. The SMILES string of the molecule is CC(NC(=O)c1cc(C(F)(F)F)cc(C(F)(F)F)c1)c1nnc2ccccn12. The molecule has 2 aromatic heterocycles. The van der Waals surface area contributed by atoms with Gasteiger partial charge in [-0.1, -0.05) is 6.07 Å². The van der Waals surface area contributed by atoms with E-state index in [1.807, 2.05) is 0 Å². The summed E-state index contributed by atoms with van der Waals surface area (Å²) >= 11 is 0. The minimum absolute atomic E-state index is 0.0355. The number of amides is 1. The first-order valence-corrected chi connectivity index (χ1v) is 7.87. The average molecular weight is 402 g/mol. The molecule has 148 valence electrons. The molecule has 2 heterocycles. The Morgan fingerprint density at radius 1 is 1.00 bits per heavy atom. The smallest absolute Gasteiger partial charge is 0.342 e. The van der Waals surface area contributed by atoms with E-state index in [0.29, 0.717) is 17.8 Å². The Morgan fingerprint density at radius 2 is 1.61 bits per heavy atom. The van der Waals surface area contributed by atoms with Crippen molar-refractivity contribution in [3.8, 4) is 0 Å². The van der Waals surface area contributed by atoms with E-state index in [2.05, 4.69) is 15.5 Å². The molecule has 1 N–H and O–H groups in total. The fourth-order valence-electron chi connectivity index (χ4n) is 2.59. The Labute approximate surface area is 154 Å². The lowest BCUT2D eigenvalue weighted by Crippen LogP contribution is -2.28. The molecule has 1 unspecified atom stereocenters. The van der Waals surface area contributed by atoms with Gasteiger partial charge in [-0.3, -0.25) is 9.20 Å². The summed E-state index contributed by atoms with van der Waals surface area (Å²) in [6.45, 7) is 1.49. The number of carbonyl (C=O) groups is 1. The third-order valence-corrected chi connectivity index (χ3v) is 3.92. The van der Waals surface area contributed by atoms with Gasteiger partial charge in [-0.2, -0.15) is 26.3 Å². The number of hydrogen-bond donors (Lipinski definition) is 1. The molecule has 0 saturated heterocycles. The lowest BCUT2D eigenvalue weighted by Gasteiger charge is -2.16. The molecule has 0 aliphatic carbocycles. The number of nitrogens with zero attached hydrogens (tertiary/aromatic N) is 3. The van der Waals surface area contributed by atoms with Crippen LogP contribution in [-0.4, -0.2) is 20.5 Å². The number of benzene rings is 1. The number of alkyl halides is 6. The molecule has 0 spiro atoms. The van der Waals surface area contributed by atoms with Crippen LogP contribution in [0.3, 0.4) is 0 Å². The molecule has 1 amide bonds. The number of aromatic nitrogens is 3. The number of fused-ring (bicyclic) bond motifs is 1. The Kier molecular flexibility index (Phi) is 4.77. The van der Waals surface area contributed by atoms with Crippen molar-refractivity contribution in [3.05, 3.63) is 65.1 Å². The Balaban J connectivity index is 1.93. The van der Waals surface area contributed by atoms with Gasteiger partial charge < -0.3 is 5.32 Å². The summed E-state index contributed by atoms with van der Waals surface area (Å²) in [7, 11) is 0. The third-order valence-electron chi connectivity index (χ3n) is 3.92. The van der Waals surface area contributed by atoms with Gasteiger partial charge in [-0.05, 0) is 37.3 Å². The first-order chi connectivity index (χ1) is 13.0. The van der Waals surface area contributed by atoms with Crippen LogP contribution in [0.25, 0.3) is 5.65 Å². The minimum Gasteiger partial charge on any atom is -0.342 e. The van der Waals surface area contributed by atoms with Crippen molar-refractivity contribution < 1.29 is 31.1 Å². The lowest BCUT2D eigenvalue weighted by molar-refractivity contribution is -0.143. The topological polar surface area (TPSA) is 59.3 Å². The average Bonchev–Trinajstić information content (AvgIpc) is 3.04. The molecule has 3 aromatic rings. The quantitative estimate of drug-likeness (QED) is 0.666. The van der Waals surface area contributed by atoms with Gasteiger partial charge >= 0.3 is 12.4 Å². The first-order valence-electron chi connectivity index (χ1n) is 7.87. The highest BCUT2D eigenvalue weighted by molar-refractivity contribution is 5.94. The zero-order valence-corrected chi connectivity index (χ0v) is 14.1. The van der Waals surface area contributed by atoms with Crippen molar-refractivity contribution in [3.63, 3.8) is 0 Å². The molecular formula is C17H12F6N4O. The zero-order chi connectivity index (χ0) is 20.7. The second-order valence-corrected chi connectivity index (χ2v) is 5.98. The van der Waals surface area contributed by atoms with Gasteiger partial charge in [0.15, 0.2) is 11.5 Å². The number of halogens is 6. The van der Waals surface area contributed by atoms with Crippen LogP contribution in [0, 0.1) is 0 Å². The normalized spacial score (nSPS) is 13.5. The monoisotopic (exact) mass is 402 g/mol. The number of hydrogen-bond acceptors (Lipinski definition) is 3. The van der Waals surface area contributed by atoms with E-state index in [4.69, 9.17) is 0 Å². The summed E-state index contributed by atoms with van der Waals surface area (Å²) in [5.41, 5.74) is -3.42. The highest BCUT2D eigenvalue weighted by Crippen LogP contribution is 2.36. The molecule has 5 nitrogen and oxygen atoms in total. The number of rotatable bonds is 3. The molecule has 0 bridgehead atoms. The summed E-state index contributed by atoms with van der Waals surface area (Å²) in [5, 5.41) is 10.1. The summed E-state index contributed by atoms with van der Waals surface area (Å²) in [4.78, 5) is 12.3. The van der Waals surface area contributed by atoms with Gasteiger partial charge in [0, 0.05) is 11.8 Å². The molecule has 0 saturated carbocycles. The van der Waals surface area contributed by atoms with E-state index in [-0.39, 0.29) is 11.9 Å². The molecule has 3 rings (SSSR count). The molecule has 28 heavy (non-hydrogen) atoms. The van der Waals surface area contributed by atoms with Crippen molar-refractivity contribution in [1.82, 2.24) is 19.9 Å². The second kappa shape index (κ2) is 6.80. The van der Waals surface area contributed by atoms with E-state index in [1.165, 1.54) is 11.3 Å². The fourth-order valence-corrected chi connectivity index (χ4v) is 2.59. The van der Waals surface area contributed by atoms with Gasteiger partial charge in [0.25, 0.3) is 5.91 Å². The molecule has 0 aliphatic heterocycles. The Morgan fingerprint density at radius 3 is 2.18 bits per heavy atom. The lowest BCUT2D eigenvalue weighted by atomic mass is 10.0. The maximum atomic E-state index is 12.9. The van der Waals surface area contributed by atoms with Gasteiger partial charge in [0.1, 0.15) is 0 Å². The van der Waals surface area contributed by atoms with Crippen molar-refractivity contribution in [2.24, 2.45) is 0 Å². The van der Waals surface area contributed by atoms with Crippen molar-refractivity contribution >= 4 is 11.6 Å². The van der Waals surface area contributed by atoms with Crippen LogP contribution in [0.4, 0.5) is 26.3 Å². The van der Waals surface area contributed by atoms with Crippen molar-refractivity contribution in [2.45, 2.75) is 25.3 Å². The van der Waals surface area contributed by atoms with Crippen molar-refractivity contribution in [1.29, 1.82) is 0 Å². The van der Waals surface area contributed by atoms with Gasteiger partial charge in [-0.25, -0.2) is 0 Å². The fraction of sp³-hybridized carbons (Fsp3) is 0.235. The molecule has 0 radical (unpaired) electrons. The van der Waals surface area contributed by atoms with Gasteiger partial charge in [0.05, 0.1) is 17.2 Å². The molecule has 1 aromatic carbocycles. The predicted molar refractivity (Wildman–Crippen MR) is 85.3 cm³/mol. The van der Waals surface area contributed by atoms with Crippen LogP contribution >= 0.6 is 0 Å². The highest BCUT2D eigenvalue weighted by Gasteiger charge is 2.37. The predicted octanol–water partition coefficient (Wildman–Crippen LogP) is 4.26. The van der Waals surface area contributed by atoms with Gasteiger partial charge in [0.2, 0.25) is 0 Å². The minimum atomic E-state index is -5.04. The first kappa shape index (κ1) is 19.6. The van der Waals surface area contributed by atoms with E-state index in [1.54, 1.807) is 24.4 Å². The highest BCUT2D eigenvalue weighted by atomic mass is 19.4. The molecule has 0 aliphatic rings. The standard InChI is InChI=1S/C17H12F6N4O/c1-9(14-26-25-13-4-2-3-5-27(13)14)24-15(28)10-6-11(16(18,19)20)8-12(7-10)17(21,22)23/h2-9H,1H3,(H,24,28). The van der Waals surface area contributed by atoms with Crippen LogP contribution in [-0.2, 0) is 12.4 Å². The van der Waals surface area contributed by atoms with Crippen molar-refractivity contribution in [2.75, 3.05) is 0 Å². The van der Waals surface area contributed by atoms with E-state index < -0.39 is 41.0 Å². The summed E-state index contributed by atoms with van der Waals surface area (Å²) in [6, 6.07) is 4.92.